The highest BCUT2D eigenvalue weighted by atomic mass is 19.4. The average Bonchev–Trinajstić information content (AvgIpc) is 3.45. The van der Waals surface area contributed by atoms with Crippen molar-refractivity contribution < 1.29 is 22.4 Å². The van der Waals surface area contributed by atoms with Crippen molar-refractivity contribution in [1.82, 2.24) is 34.2 Å². The van der Waals surface area contributed by atoms with Crippen molar-refractivity contribution in [2.24, 2.45) is 21.1 Å². The molecule has 1 aromatic carbocycles. The van der Waals surface area contributed by atoms with E-state index in [0.29, 0.717) is 40.8 Å². The molecule has 2 atom stereocenters. The van der Waals surface area contributed by atoms with E-state index < -0.39 is 17.7 Å². The lowest BCUT2D eigenvalue weighted by Crippen LogP contribution is -2.50. The summed E-state index contributed by atoms with van der Waals surface area (Å²) in [4.78, 5) is 15.6. The number of fused-ring (bicyclic) bond motifs is 5. The van der Waals surface area contributed by atoms with Crippen LogP contribution in [0.15, 0.2) is 24.3 Å². The summed E-state index contributed by atoms with van der Waals surface area (Å²) >= 11 is 0. The molecule has 3 aromatic heterocycles. The maximum atomic E-state index is 14.0. The van der Waals surface area contributed by atoms with E-state index in [-0.39, 0.29) is 23.7 Å². The summed E-state index contributed by atoms with van der Waals surface area (Å²) < 4.78 is 58.3. The molecule has 0 radical (unpaired) electrons. The predicted molar refractivity (Wildman–Crippen MR) is 121 cm³/mol. The monoisotopic (exact) mass is 501 g/mol. The molecule has 8 nitrogen and oxygen atoms in total. The van der Waals surface area contributed by atoms with Gasteiger partial charge in [0, 0.05) is 38.1 Å². The van der Waals surface area contributed by atoms with Crippen molar-refractivity contribution >= 4 is 16.8 Å². The Balaban J connectivity index is 1.44. The third kappa shape index (κ3) is 3.26. The third-order valence-electron chi connectivity index (χ3n) is 7.34. The molecule has 2 aliphatic heterocycles. The Morgan fingerprint density at radius 3 is 2.50 bits per heavy atom. The fourth-order valence-corrected chi connectivity index (χ4v) is 5.81. The molecule has 1 saturated heterocycles. The van der Waals surface area contributed by atoms with Gasteiger partial charge in [-0.15, -0.1) is 0 Å². The van der Waals surface area contributed by atoms with Crippen molar-refractivity contribution in [3.8, 4) is 11.4 Å². The van der Waals surface area contributed by atoms with Gasteiger partial charge >= 0.3 is 6.18 Å². The zero-order valence-corrected chi connectivity index (χ0v) is 19.8. The second-order valence-electron chi connectivity index (χ2n) is 9.52. The zero-order valence-electron chi connectivity index (χ0n) is 19.8. The summed E-state index contributed by atoms with van der Waals surface area (Å²) in [6, 6.07) is 4.77. The van der Waals surface area contributed by atoms with E-state index >= 15 is 0 Å². The van der Waals surface area contributed by atoms with Crippen molar-refractivity contribution in [3.63, 3.8) is 0 Å². The number of aromatic nitrogens is 6. The number of carbonyl (C=O) groups is 1. The van der Waals surface area contributed by atoms with Crippen molar-refractivity contribution in [1.29, 1.82) is 0 Å². The normalized spacial score (nSPS) is 19.7. The lowest BCUT2D eigenvalue weighted by Gasteiger charge is -2.45. The SMILES string of the molecule is Cn1nc(C(F)(F)F)cc1-c1c2c(nn1C)C1CCCC(C2)N1C(=O)c1nn(C)c2ccc(F)cc12. The number of hydrogen-bond donors (Lipinski definition) is 0. The largest absolute Gasteiger partial charge is 0.435 e. The molecule has 2 bridgehead atoms. The smallest absolute Gasteiger partial charge is 0.325 e. The van der Waals surface area contributed by atoms with E-state index in [0.717, 1.165) is 24.5 Å². The number of aryl methyl sites for hydroxylation is 3. The van der Waals surface area contributed by atoms with Gasteiger partial charge in [-0.05, 0) is 49.9 Å². The van der Waals surface area contributed by atoms with Gasteiger partial charge in [-0.3, -0.25) is 18.8 Å². The molecule has 2 unspecified atom stereocenters. The number of alkyl halides is 3. The number of nitrogens with zero attached hydrogens (tertiary/aromatic N) is 7. The van der Waals surface area contributed by atoms with Crippen LogP contribution in [0.4, 0.5) is 17.6 Å². The first-order valence-electron chi connectivity index (χ1n) is 11.7. The van der Waals surface area contributed by atoms with Gasteiger partial charge in [0.15, 0.2) is 11.4 Å². The summed E-state index contributed by atoms with van der Waals surface area (Å²) in [5.74, 6) is -0.743. The van der Waals surface area contributed by atoms with Crippen molar-refractivity contribution in [2.75, 3.05) is 0 Å². The van der Waals surface area contributed by atoms with Crippen LogP contribution in [-0.2, 0) is 33.7 Å². The Hall–Kier alpha value is -3.70. The fraction of sp³-hybridized carbons (Fsp3) is 0.417. The number of carbonyl (C=O) groups excluding carboxylic acids is 1. The van der Waals surface area contributed by atoms with Gasteiger partial charge in [0.25, 0.3) is 5.91 Å². The van der Waals surface area contributed by atoms with E-state index in [2.05, 4.69) is 15.3 Å². The maximum Gasteiger partial charge on any atom is 0.435 e. The Kier molecular flexibility index (Phi) is 4.83. The Bertz CT molecular complexity index is 1530. The first kappa shape index (κ1) is 22.7. The second kappa shape index (κ2) is 7.65. The van der Waals surface area contributed by atoms with Crippen LogP contribution >= 0.6 is 0 Å². The van der Waals surface area contributed by atoms with E-state index in [1.54, 1.807) is 34.4 Å². The minimum absolute atomic E-state index is 0.173. The molecular weight excluding hydrogens is 478 g/mol. The maximum absolute atomic E-state index is 14.0. The molecule has 0 aliphatic carbocycles. The molecule has 6 rings (SSSR count). The van der Waals surface area contributed by atoms with Crippen LogP contribution in [0.5, 0.6) is 0 Å². The van der Waals surface area contributed by atoms with Crippen LogP contribution in [-0.4, -0.2) is 46.2 Å². The van der Waals surface area contributed by atoms with E-state index in [9.17, 15) is 22.4 Å². The van der Waals surface area contributed by atoms with E-state index in [4.69, 9.17) is 0 Å². The topological polar surface area (TPSA) is 73.8 Å². The standard InChI is InChI=1S/C24H23F4N7O/c1-32-16-8-7-12(25)9-14(16)21(31-32)23(36)35-13-5-4-6-17(35)20-15(10-13)22(34(3)30-20)18-11-19(24(26,27)28)29-33(18)2/h7-9,11,13,17H,4-6,10H2,1-3H3. The average molecular weight is 501 g/mol. The third-order valence-corrected chi connectivity index (χ3v) is 7.34. The molecule has 188 valence electrons. The first-order chi connectivity index (χ1) is 17.0. The van der Waals surface area contributed by atoms with Crippen LogP contribution in [0, 0.1) is 5.82 Å². The number of benzene rings is 1. The Morgan fingerprint density at radius 1 is 1.00 bits per heavy atom. The van der Waals surface area contributed by atoms with Crippen LogP contribution in [0.3, 0.4) is 0 Å². The van der Waals surface area contributed by atoms with Crippen LogP contribution in [0.25, 0.3) is 22.3 Å². The van der Waals surface area contributed by atoms with Gasteiger partial charge in [0.1, 0.15) is 5.82 Å². The molecule has 0 spiro atoms. The Labute approximate surface area is 203 Å². The number of piperidine rings is 1. The lowest BCUT2D eigenvalue weighted by atomic mass is 9.82. The highest BCUT2D eigenvalue weighted by Crippen LogP contribution is 2.45. The summed E-state index contributed by atoms with van der Waals surface area (Å²) in [6.07, 6.45) is -1.80. The quantitative estimate of drug-likeness (QED) is 0.387. The number of halogens is 4. The van der Waals surface area contributed by atoms with E-state index in [1.165, 1.54) is 23.9 Å². The highest BCUT2D eigenvalue weighted by Gasteiger charge is 2.45. The second-order valence-corrected chi connectivity index (χ2v) is 9.52. The molecule has 1 fully saturated rings. The van der Waals surface area contributed by atoms with Gasteiger partial charge in [-0.1, -0.05) is 0 Å². The molecule has 2 aliphatic rings. The molecule has 0 saturated carbocycles. The van der Waals surface area contributed by atoms with Crippen LogP contribution in [0.2, 0.25) is 0 Å². The predicted octanol–water partition coefficient (Wildman–Crippen LogP) is 4.16. The molecule has 12 heteroatoms. The van der Waals surface area contributed by atoms with Gasteiger partial charge in [0.2, 0.25) is 0 Å². The molecule has 4 aromatic rings. The molecular formula is C24H23F4N7O. The van der Waals surface area contributed by atoms with Gasteiger partial charge in [-0.2, -0.15) is 28.5 Å². The molecule has 5 heterocycles. The number of hydrogen-bond acceptors (Lipinski definition) is 4. The van der Waals surface area contributed by atoms with Gasteiger partial charge in [-0.25, -0.2) is 4.39 Å². The molecule has 0 N–H and O–H groups in total. The minimum atomic E-state index is -4.56. The Morgan fingerprint density at radius 2 is 1.78 bits per heavy atom. The lowest BCUT2D eigenvalue weighted by molar-refractivity contribution is -0.141. The van der Waals surface area contributed by atoms with Crippen LogP contribution in [0.1, 0.15) is 52.7 Å². The molecule has 36 heavy (non-hydrogen) atoms. The zero-order chi connectivity index (χ0) is 25.5. The van der Waals surface area contributed by atoms with Crippen LogP contribution < -0.4 is 0 Å². The summed E-state index contributed by atoms with van der Waals surface area (Å²) in [6.45, 7) is 0. The summed E-state index contributed by atoms with van der Waals surface area (Å²) in [5.41, 5.74) is 2.29. The number of amides is 1. The highest BCUT2D eigenvalue weighted by molar-refractivity contribution is 6.05. The van der Waals surface area contributed by atoms with Gasteiger partial charge < -0.3 is 4.90 Å². The van der Waals surface area contributed by atoms with E-state index in [1.807, 2.05) is 0 Å². The summed E-state index contributed by atoms with van der Waals surface area (Å²) in [5, 5.41) is 13.2. The fourth-order valence-electron chi connectivity index (χ4n) is 5.81. The van der Waals surface area contributed by atoms with Crippen molar-refractivity contribution in [3.05, 3.63) is 52.7 Å². The minimum Gasteiger partial charge on any atom is -0.325 e. The molecule has 1 amide bonds. The number of rotatable bonds is 2. The van der Waals surface area contributed by atoms with Gasteiger partial charge in [0.05, 0.1) is 28.6 Å². The first-order valence-corrected chi connectivity index (χ1v) is 11.7. The summed E-state index contributed by atoms with van der Waals surface area (Å²) in [7, 11) is 4.88. The van der Waals surface area contributed by atoms with Crippen molar-refractivity contribution in [2.45, 2.75) is 43.9 Å².